The van der Waals surface area contributed by atoms with Crippen molar-refractivity contribution in [3.8, 4) is 0 Å². The Kier molecular flexibility index (Phi) is 8.75. The van der Waals surface area contributed by atoms with Crippen LogP contribution in [0.15, 0.2) is 11.2 Å². The fourth-order valence-corrected chi connectivity index (χ4v) is 3.51. The number of alkyl halides is 3. The molecule has 0 radical (unpaired) electrons. The molecule has 1 heterocycles. The minimum Gasteiger partial charge on any atom is -0.354 e. The largest absolute Gasteiger partial charge is 0.391 e. The Bertz CT molecular complexity index is 525. The third-order valence-electron chi connectivity index (χ3n) is 4.11. The van der Waals surface area contributed by atoms with Crippen LogP contribution in [0.1, 0.15) is 42.5 Å². The zero-order valence-corrected chi connectivity index (χ0v) is 17.0. The van der Waals surface area contributed by atoms with Gasteiger partial charge < -0.3 is 10.6 Å². The quantitative estimate of drug-likeness (QED) is 0.391. The third-order valence-corrected chi connectivity index (χ3v) is 5.25. The zero-order valence-electron chi connectivity index (χ0n) is 13.8. The molecule has 1 aromatic rings. The molecule has 9 heteroatoms. The maximum atomic E-state index is 12.7. The van der Waals surface area contributed by atoms with E-state index >= 15 is 0 Å². The first-order valence-corrected chi connectivity index (χ1v) is 8.71. The molecule has 0 saturated heterocycles. The van der Waals surface area contributed by atoms with Crippen LogP contribution in [0, 0.1) is 5.92 Å². The number of hydrogen-bond acceptors (Lipinski definition) is 3. The Morgan fingerprint density at radius 2 is 2.00 bits per heavy atom. The summed E-state index contributed by atoms with van der Waals surface area (Å²) in [6, 6.07) is 0.0438. The van der Waals surface area contributed by atoms with Crippen LogP contribution in [0.2, 0.25) is 0 Å². The van der Waals surface area contributed by atoms with Gasteiger partial charge in [-0.25, -0.2) is 4.98 Å². The van der Waals surface area contributed by atoms with Crippen molar-refractivity contribution in [2.75, 3.05) is 7.05 Å². The van der Waals surface area contributed by atoms with Gasteiger partial charge in [0, 0.05) is 24.2 Å². The van der Waals surface area contributed by atoms with Gasteiger partial charge in [0.2, 0.25) is 0 Å². The van der Waals surface area contributed by atoms with Crippen molar-refractivity contribution in [1.29, 1.82) is 0 Å². The highest BCUT2D eigenvalue weighted by Gasteiger charge is 2.41. The second-order valence-corrected chi connectivity index (χ2v) is 6.93. The van der Waals surface area contributed by atoms with Gasteiger partial charge in [-0.15, -0.1) is 35.3 Å². The molecule has 24 heavy (non-hydrogen) atoms. The maximum Gasteiger partial charge on any atom is 0.391 e. The SMILES string of the molecule is CCc1cnc(CNC(=NC)NC2CCC(C(F)(F)F)CC2)s1.I. The number of aryl methyl sites for hydroxylation is 1. The molecule has 0 aliphatic heterocycles. The average molecular weight is 476 g/mol. The normalized spacial score (nSPS) is 22.0. The highest BCUT2D eigenvalue weighted by atomic mass is 127. The molecule has 0 amide bonds. The number of thiazole rings is 1. The number of nitrogens with one attached hydrogen (secondary N) is 2. The Balaban J connectivity index is 0.00000288. The third kappa shape index (κ3) is 6.38. The van der Waals surface area contributed by atoms with E-state index in [0.717, 1.165) is 11.4 Å². The van der Waals surface area contributed by atoms with Crippen LogP contribution in [0.5, 0.6) is 0 Å². The minimum atomic E-state index is -4.06. The highest BCUT2D eigenvalue weighted by molar-refractivity contribution is 14.0. The smallest absolute Gasteiger partial charge is 0.354 e. The first kappa shape index (κ1) is 21.5. The zero-order chi connectivity index (χ0) is 16.9. The average Bonchev–Trinajstić information content (AvgIpc) is 2.99. The fraction of sp³-hybridized carbons (Fsp3) is 0.733. The molecule has 138 valence electrons. The van der Waals surface area contributed by atoms with E-state index in [1.54, 1.807) is 18.4 Å². The lowest BCUT2D eigenvalue weighted by Gasteiger charge is -2.31. The van der Waals surface area contributed by atoms with Crippen molar-refractivity contribution in [2.45, 2.75) is 57.8 Å². The lowest BCUT2D eigenvalue weighted by molar-refractivity contribution is -0.182. The number of hydrogen-bond donors (Lipinski definition) is 2. The molecule has 0 atom stereocenters. The molecule has 1 aliphatic carbocycles. The van der Waals surface area contributed by atoms with Gasteiger partial charge in [-0.3, -0.25) is 4.99 Å². The van der Waals surface area contributed by atoms with Crippen molar-refractivity contribution >= 4 is 41.3 Å². The first-order chi connectivity index (χ1) is 10.9. The Morgan fingerprint density at radius 1 is 1.33 bits per heavy atom. The minimum absolute atomic E-state index is 0. The summed E-state index contributed by atoms with van der Waals surface area (Å²) in [5, 5.41) is 7.37. The second kappa shape index (κ2) is 9.79. The molecule has 1 aromatic heterocycles. The summed E-state index contributed by atoms with van der Waals surface area (Å²) in [6.07, 6.45) is 0.176. The molecule has 2 N–H and O–H groups in total. The van der Waals surface area contributed by atoms with Gasteiger partial charge in [-0.2, -0.15) is 13.2 Å². The molecular formula is C15H24F3IN4S. The van der Waals surface area contributed by atoms with Crippen molar-refractivity contribution in [3.05, 3.63) is 16.1 Å². The van der Waals surface area contributed by atoms with Crippen LogP contribution < -0.4 is 10.6 Å². The Morgan fingerprint density at radius 3 is 2.50 bits per heavy atom. The van der Waals surface area contributed by atoms with Gasteiger partial charge in [-0.05, 0) is 32.1 Å². The lowest BCUT2D eigenvalue weighted by Crippen LogP contribution is -2.45. The molecule has 0 aromatic carbocycles. The summed E-state index contributed by atoms with van der Waals surface area (Å²) in [5.74, 6) is -0.535. The van der Waals surface area contributed by atoms with Crippen LogP contribution >= 0.6 is 35.3 Å². The van der Waals surface area contributed by atoms with Crippen LogP contribution in [-0.2, 0) is 13.0 Å². The van der Waals surface area contributed by atoms with Gasteiger partial charge in [0.05, 0.1) is 12.5 Å². The number of aliphatic imine (C=N–C) groups is 1. The van der Waals surface area contributed by atoms with E-state index in [0.29, 0.717) is 25.3 Å². The van der Waals surface area contributed by atoms with E-state index in [1.807, 2.05) is 6.20 Å². The molecule has 1 saturated carbocycles. The van der Waals surface area contributed by atoms with Crippen LogP contribution in [0.25, 0.3) is 0 Å². The summed E-state index contributed by atoms with van der Waals surface area (Å²) in [6.45, 7) is 2.66. The number of nitrogens with zero attached hydrogens (tertiary/aromatic N) is 2. The summed E-state index contributed by atoms with van der Waals surface area (Å²) in [7, 11) is 1.66. The molecule has 0 spiro atoms. The Hall–Kier alpha value is -0.580. The number of guanidine groups is 1. The summed E-state index contributed by atoms with van der Waals surface area (Å²) >= 11 is 1.65. The molecule has 1 fully saturated rings. The van der Waals surface area contributed by atoms with Gasteiger partial charge >= 0.3 is 6.18 Å². The van der Waals surface area contributed by atoms with E-state index in [9.17, 15) is 13.2 Å². The van der Waals surface area contributed by atoms with Crippen molar-refractivity contribution < 1.29 is 13.2 Å². The van der Waals surface area contributed by atoms with E-state index in [2.05, 4.69) is 27.5 Å². The summed E-state index contributed by atoms with van der Waals surface area (Å²) < 4.78 is 38.0. The molecule has 0 unspecified atom stereocenters. The lowest BCUT2D eigenvalue weighted by atomic mass is 9.85. The molecule has 1 aliphatic rings. The van der Waals surface area contributed by atoms with Gasteiger partial charge in [-0.1, -0.05) is 6.92 Å². The van der Waals surface area contributed by atoms with Crippen LogP contribution in [-0.4, -0.2) is 30.2 Å². The fourth-order valence-electron chi connectivity index (χ4n) is 2.71. The van der Waals surface area contributed by atoms with Gasteiger partial charge in [0.1, 0.15) is 5.01 Å². The van der Waals surface area contributed by atoms with E-state index < -0.39 is 12.1 Å². The topological polar surface area (TPSA) is 49.3 Å². The molecule has 0 bridgehead atoms. The Labute approximate surface area is 161 Å². The number of rotatable bonds is 4. The second-order valence-electron chi connectivity index (χ2n) is 5.73. The van der Waals surface area contributed by atoms with E-state index in [-0.39, 0.29) is 42.9 Å². The van der Waals surface area contributed by atoms with Crippen LogP contribution in [0.4, 0.5) is 13.2 Å². The van der Waals surface area contributed by atoms with Gasteiger partial charge in [0.15, 0.2) is 5.96 Å². The maximum absolute atomic E-state index is 12.7. The summed E-state index contributed by atoms with van der Waals surface area (Å²) in [4.78, 5) is 9.70. The van der Waals surface area contributed by atoms with E-state index in [4.69, 9.17) is 0 Å². The predicted molar refractivity (Wildman–Crippen MR) is 102 cm³/mol. The molecule has 2 rings (SSSR count). The van der Waals surface area contributed by atoms with Crippen molar-refractivity contribution in [2.24, 2.45) is 10.9 Å². The van der Waals surface area contributed by atoms with Crippen molar-refractivity contribution in [1.82, 2.24) is 15.6 Å². The monoisotopic (exact) mass is 476 g/mol. The van der Waals surface area contributed by atoms with E-state index in [1.165, 1.54) is 4.88 Å². The first-order valence-electron chi connectivity index (χ1n) is 7.89. The van der Waals surface area contributed by atoms with Crippen LogP contribution in [0.3, 0.4) is 0 Å². The standard InChI is InChI=1S/C15H23F3N4S.HI/c1-3-12-8-20-13(23-12)9-21-14(19-2)22-11-6-4-10(5-7-11)15(16,17)18;/h8,10-11H,3-7,9H2,1-2H3,(H2,19,21,22);1H. The summed E-state index contributed by atoms with van der Waals surface area (Å²) in [5.41, 5.74) is 0. The van der Waals surface area contributed by atoms with Gasteiger partial charge in [0.25, 0.3) is 0 Å². The van der Waals surface area contributed by atoms with Crippen molar-refractivity contribution in [3.63, 3.8) is 0 Å². The number of halogens is 4. The number of aromatic nitrogens is 1. The molecular weight excluding hydrogens is 452 g/mol. The highest BCUT2D eigenvalue weighted by Crippen LogP contribution is 2.37. The molecule has 4 nitrogen and oxygen atoms in total. The predicted octanol–water partition coefficient (Wildman–Crippen LogP) is 4.11.